The molecule has 6 nitrogen and oxygen atoms in total. The molecule has 2 rings (SSSR count). The summed E-state index contributed by atoms with van der Waals surface area (Å²) in [5.41, 5.74) is 0.603. The summed E-state index contributed by atoms with van der Waals surface area (Å²) in [6, 6.07) is 9.19. The minimum Gasteiger partial charge on any atom is -0.481 e. The van der Waals surface area contributed by atoms with Crippen LogP contribution in [0, 0.1) is 6.92 Å². The average molecular weight is 347 g/mol. The summed E-state index contributed by atoms with van der Waals surface area (Å²) in [5, 5.41) is 3.14. The third-order valence-corrected chi connectivity index (χ3v) is 4.37. The van der Waals surface area contributed by atoms with Gasteiger partial charge in [0.2, 0.25) is 0 Å². The number of nitrogens with one attached hydrogen (secondary N) is 1. The minimum atomic E-state index is -0.621. The molecule has 0 saturated heterocycles. The van der Waals surface area contributed by atoms with E-state index >= 15 is 0 Å². The highest BCUT2D eigenvalue weighted by molar-refractivity contribution is 7.17. The van der Waals surface area contributed by atoms with E-state index < -0.39 is 6.10 Å². The molecule has 1 atom stereocenters. The number of carbonyl (C=O) groups is 2. The molecular weight excluding hydrogens is 326 g/mol. The van der Waals surface area contributed by atoms with Gasteiger partial charge in [-0.1, -0.05) is 36.5 Å². The number of thiazole rings is 1. The number of amides is 2. The first kappa shape index (κ1) is 17.9. The van der Waals surface area contributed by atoms with Crippen LogP contribution in [0.2, 0.25) is 0 Å². The fourth-order valence-corrected chi connectivity index (χ4v) is 3.01. The van der Waals surface area contributed by atoms with Crippen molar-refractivity contribution in [3.05, 3.63) is 40.9 Å². The molecule has 0 bridgehead atoms. The molecule has 0 fully saturated rings. The molecule has 0 aliphatic rings. The van der Waals surface area contributed by atoms with Crippen LogP contribution in [0.5, 0.6) is 5.75 Å². The Morgan fingerprint density at radius 3 is 2.54 bits per heavy atom. The molecule has 0 spiro atoms. The summed E-state index contributed by atoms with van der Waals surface area (Å²) >= 11 is 1.17. The van der Waals surface area contributed by atoms with E-state index in [2.05, 4.69) is 10.3 Å². The number of nitrogens with zero attached hydrogens (tertiary/aromatic N) is 2. The maximum atomic E-state index is 12.4. The molecule has 128 valence electrons. The van der Waals surface area contributed by atoms with E-state index in [1.165, 1.54) is 16.2 Å². The van der Waals surface area contributed by atoms with Crippen LogP contribution >= 0.6 is 11.3 Å². The van der Waals surface area contributed by atoms with Gasteiger partial charge in [0.15, 0.2) is 11.2 Å². The molecule has 0 unspecified atom stereocenters. The van der Waals surface area contributed by atoms with Crippen LogP contribution in [0.15, 0.2) is 30.3 Å². The molecule has 2 amide bonds. The van der Waals surface area contributed by atoms with E-state index in [4.69, 9.17) is 4.74 Å². The predicted octanol–water partition coefficient (Wildman–Crippen LogP) is 2.95. The summed E-state index contributed by atoms with van der Waals surface area (Å²) < 4.78 is 5.71. The molecule has 0 aliphatic heterocycles. The molecule has 1 N–H and O–H groups in total. The number of ether oxygens (including phenoxy) is 1. The zero-order valence-corrected chi connectivity index (χ0v) is 15.0. The predicted molar refractivity (Wildman–Crippen MR) is 94.6 cm³/mol. The number of carbonyl (C=O) groups excluding carboxylic acids is 2. The Bertz CT molecular complexity index is 713. The lowest BCUT2D eigenvalue weighted by molar-refractivity contribution is -0.122. The van der Waals surface area contributed by atoms with E-state index in [1.807, 2.05) is 25.1 Å². The Morgan fingerprint density at radius 1 is 1.29 bits per heavy atom. The van der Waals surface area contributed by atoms with E-state index in [-0.39, 0.29) is 11.8 Å². The summed E-state index contributed by atoms with van der Waals surface area (Å²) in [7, 11) is 3.36. The first-order valence-electron chi connectivity index (χ1n) is 7.64. The lowest BCUT2D eigenvalue weighted by Gasteiger charge is -2.16. The van der Waals surface area contributed by atoms with Gasteiger partial charge in [-0.15, -0.1) is 0 Å². The zero-order valence-electron chi connectivity index (χ0n) is 14.2. The highest BCUT2D eigenvalue weighted by Gasteiger charge is 2.22. The number of anilines is 1. The molecule has 0 saturated carbocycles. The van der Waals surface area contributed by atoms with Gasteiger partial charge in [0.1, 0.15) is 10.6 Å². The van der Waals surface area contributed by atoms with Gasteiger partial charge in [-0.05, 0) is 25.5 Å². The van der Waals surface area contributed by atoms with Crippen molar-refractivity contribution in [2.24, 2.45) is 0 Å². The van der Waals surface area contributed by atoms with Crippen LogP contribution in [0.4, 0.5) is 5.13 Å². The second-order valence-electron chi connectivity index (χ2n) is 5.45. The van der Waals surface area contributed by atoms with Crippen molar-refractivity contribution in [2.75, 3.05) is 19.4 Å². The second kappa shape index (κ2) is 7.92. The van der Waals surface area contributed by atoms with Crippen molar-refractivity contribution >= 4 is 28.3 Å². The van der Waals surface area contributed by atoms with Gasteiger partial charge in [-0.2, -0.15) is 0 Å². The number of aromatic nitrogens is 1. The van der Waals surface area contributed by atoms with Crippen molar-refractivity contribution in [2.45, 2.75) is 26.4 Å². The maximum absolute atomic E-state index is 12.4. The monoisotopic (exact) mass is 347 g/mol. The van der Waals surface area contributed by atoms with Crippen molar-refractivity contribution in [1.82, 2.24) is 9.88 Å². The second-order valence-corrected chi connectivity index (χ2v) is 6.45. The third kappa shape index (κ3) is 4.32. The molecule has 1 aromatic heterocycles. The van der Waals surface area contributed by atoms with Gasteiger partial charge in [0.25, 0.3) is 11.8 Å². The Kier molecular flexibility index (Phi) is 5.92. The van der Waals surface area contributed by atoms with Gasteiger partial charge in [-0.3, -0.25) is 14.9 Å². The van der Waals surface area contributed by atoms with E-state index in [9.17, 15) is 9.59 Å². The first-order chi connectivity index (χ1) is 11.4. The molecule has 0 radical (unpaired) electrons. The molecule has 2 aromatic rings. The van der Waals surface area contributed by atoms with Gasteiger partial charge in [0.05, 0.1) is 5.69 Å². The van der Waals surface area contributed by atoms with Crippen LogP contribution in [0.3, 0.4) is 0 Å². The topological polar surface area (TPSA) is 71.5 Å². The van der Waals surface area contributed by atoms with Gasteiger partial charge in [0, 0.05) is 14.1 Å². The number of benzene rings is 1. The smallest absolute Gasteiger partial charge is 0.267 e. The minimum absolute atomic E-state index is 0.127. The lowest BCUT2D eigenvalue weighted by Crippen LogP contribution is -2.32. The molecule has 0 aliphatic carbocycles. The lowest BCUT2D eigenvalue weighted by atomic mass is 10.2. The number of rotatable bonds is 6. The summed E-state index contributed by atoms with van der Waals surface area (Å²) in [4.78, 5) is 30.7. The van der Waals surface area contributed by atoms with Gasteiger partial charge >= 0.3 is 0 Å². The summed E-state index contributed by atoms with van der Waals surface area (Å²) in [5.74, 6) is 0.232. The number of aryl methyl sites for hydroxylation is 1. The fourth-order valence-electron chi connectivity index (χ4n) is 2.02. The van der Waals surface area contributed by atoms with Gasteiger partial charge < -0.3 is 9.64 Å². The Labute approximate surface area is 145 Å². The zero-order chi connectivity index (χ0) is 17.7. The molecule has 1 heterocycles. The van der Waals surface area contributed by atoms with Crippen molar-refractivity contribution < 1.29 is 14.3 Å². The largest absolute Gasteiger partial charge is 0.481 e. The summed E-state index contributed by atoms with van der Waals surface area (Å²) in [6.07, 6.45) is -0.0983. The highest BCUT2D eigenvalue weighted by Crippen LogP contribution is 2.24. The number of hydrogen-bond donors (Lipinski definition) is 1. The van der Waals surface area contributed by atoms with Crippen LogP contribution < -0.4 is 10.1 Å². The first-order valence-corrected chi connectivity index (χ1v) is 8.45. The normalized spacial score (nSPS) is 11.7. The van der Waals surface area contributed by atoms with Crippen molar-refractivity contribution in [3.8, 4) is 5.75 Å². The Balaban J connectivity index is 2.08. The number of para-hydroxylation sites is 1. The van der Waals surface area contributed by atoms with Gasteiger partial charge in [-0.25, -0.2) is 4.98 Å². The standard InChI is InChI=1S/C17H21N3O3S/c1-5-13(23-12-9-7-6-8-10-12)15(21)19-17-18-11(2)14(24-17)16(22)20(3)4/h6-10,13H,5H2,1-4H3,(H,18,19,21)/t13-/m0/s1. The Morgan fingerprint density at radius 2 is 1.96 bits per heavy atom. The van der Waals surface area contributed by atoms with E-state index in [1.54, 1.807) is 33.2 Å². The SMILES string of the molecule is CC[C@H](Oc1ccccc1)C(=O)Nc1nc(C)c(C(=O)N(C)C)s1. The van der Waals surface area contributed by atoms with Crippen molar-refractivity contribution in [1.29, 1.82) is 0 Å². The third-order valence-electron chi connectivity index (χ3n) is 3.31. The molecular formula is C17H21N3O3S. The molecule has 7 heteroatoms. The van der Waals surface area contributed by atoms with Crippen LogP contribution in [0.25, 0.3) is 0 Å². The average Bonchev–Trinajstić information content (AvgIpc) is 2.92. The molecule has 24 heavy (non-hydrogen) atoms. The quantitative estimate of drug-likeness (QED) is 0.872. The van der Waals surface area contributed by atoms with E-state index in [0.717, 1.165) is 0 Å². The molecule has 1 aromatic carbocycles. The fraction of sp³-hybridized carbons (Fsp3) is 0.353. The highest BCUT2D eigenvalue weighted by atomic mass is 32.1. The maximum Gasteiger partial charge on any atom is 0.267 e. The van der Waals surface area contributed by atoms with E-state index in [0.29, 0.717) is 27.9 Å². The van der Waals surface area contributed by atoms with Crippen molar-refractivity contribution in [3.63, 3.8) is 0 Å². The van der Waals surface area contributed by atoms with Crippen LogP contribution in [0.1, 0.15) is 28.7 Å². The van der Waals surface area contributed by atoms with Crippen LogP contribution in [-0.4, -0.2) is 41.9 Å². The summed E-state index contributed by atoms with van der Waals surface area (Å²) in [6.45, 7) is 3.63. The number of hydrogen-bond acceptors (Lipinski definition) is 5. The Hall–Kier alpha value is -2.41. The van der Waals surface area contributed by atoms with Crippen LogP contribution in [-0.2, 0) is 4.79 Å².